The fourth-order valence-corrected chi connectivity index (χ4v) is 3.27. The Labute approximate surface area is 159 Å². The Morgan fingerprint density at radius 3 is 2.65 bits per heavy atom. The SMILES string of the molecule is Clc1ccc(-c2nc(CSc3nnnn3Cc3ccccc3)co2)cc1. The van der Waals surface area contributed by atoms with Crippen LogP contribution in [0.25, 0.3) is 11.5 Å². The van der Waals surface area contributed by atoms with Gasteiger partial charge < -0.3 is 4.42 Å². The van der Waals surface area contributed by atoms with Crippen LogP contribution in [0.2, 0.25) is 5.02 Å². The summed E-state index contributed by atoms with van der Waals surface area (Å²) in [6.07, 6.45) is 1.66. The van der Waals surface area contributed by atoms with E-state index in [1.807, 2.05) is 54.6 Å². The Balaban J connectivity index is 1.42. The number of benzene rings is 2. The van der Waals surface area contributed by atoms with Crippen LogP contribution in [0, 0.1) is 0 Å². The second-order valence-electron chi connectivity index (χ2n) is 5.54. The molecule has 2 heterocycles. The summed E-state index contributed by atoms with van der Waals surface area (Å²) in [5.74, 6) is 1.19. The summed E-state index contributed by atoms with van der Waals surface area (Å²) >= 11 is 7.43. The topological polar surface area (TPSA) is 69.6 Å². The van der Waals surface area contributed by atoms with Crippen LogP contribution in [0.3, 0.4) is 0 Å². The Hall–Kier alpha value is -2.64. The lowest BCUT2D eigenvalue weighted by molar-refractivity contribution is 0.573. The van der Waals surface area contributed by atoms with Crippen LogP contribution in [-0.2, 0) is 12.3 Å². The molecule has 6 nitrogen and oxygen atoms in total. The monoisotopic (exact) mass is 383 g/mol. The molecule has 2 aromatic heterocycles. The highest BCUT2D eigenvalue weighted by Gasteiger charge is 2.11. The van der Waals surface area contributed by atoms with E-state index in [-0.39, 0.29) is 0 Å². The zero-order chi connectivity index (χ0) is 17.8. The van der Waals surface area contributed by atoms with Gasteiger partial charge in [0.25, 0.3) is 0 Å². The molecule has 0 aliphatic heterocycles. The predicted molar refractivity (Wildman–Crippen MR) is 99.9 cm³/mol. The zero-order valence-corrected chi connectivity index (χ0v) is 15.2. The van der Waals surface area contributed by atoms with E-state index in [4.69, 9.17) is 16.0 Å². The van der Waals surface area contributed by atoms with Crippen molar-refractivity contribution in [3.63, 3.8) is 0 Å². The molecule has 130 valence electrons. The van der Waals surface area contributed by atoms with Gasteiger partial charge in [-0.25, -0.2) is 9.67 Å². The number of halogens is 1. The Morgan fingerprint density at radius 1 is 1.04 bits per heavy atom. The average Bonchev–Trinajstić information content (AvgIpc) is 3.31. The highest BCUT2D eigenvalue weighted by molar-refractivity contribution is 7.98. The molecular weight excluding hydrogens is 370 g/mol. The van der Waals surface area contributed by atoms with Crippen LogP contribution in [0.4, 0.5) is 0 Å². The first kappa shape index (κ1) is 16.8. The van der Waals surface area contributed by atoms with E-state index in [0.29, 0.717) is 23.2 Å². The first-order valence-electron chi connectivity index (χ1n) is 7.91. The maximum atomic E-state index is 5.91. The normalized spacial score (nSPS) is 11.0. The third kappa shape index (κ3) is 3.95. The summed E-state index contributed by atoms with van der Waals surface area (Å²) in [7, 11) is 0. The fraction of sp³-hybridized carbons (Fsp3) is 0.111. The minimum atomic E-state index is 0.571. The van der Waals surface area contributed by atoms with E-state index in [0.717, 1.165) is 22.0 Å². The van der Waals surface area contributed by atoms with Gasteiger partial charge in [-0.05, 0) is 40.3 Å². The van der Waals surface area contributed by atoms with E-state index in [1.54, 1.807) is 10.9 Å². The Morgan fingerprint density at radius 2 is 1.85 bits per heavy atom. The maximum Gasteiger partial charge on any atom is 0.226 e. The summed E-state index contributed by atoms with van der Waals surface area (Å²) in [4.78, 5) is 4.51. The lowest BCUT2D eigenvalue weighted by atomic mass is 10.2. The number of aromatic nitrogens is 5. The second-order valence-corrected chi connectivity index (χ2v) is 6.92. The second kappa shape index (κ2) is 7.72. The molecule has 0 bridgehead atoms. The smallest absolute Gasteiger partial charge is 0.226 e. The molecule has 0 saturated heterocycles. The van der Waals surface area contributed by atoms with Crippen molar-refractivity contribution in [1.29, 1.82) is 0 Å². The first-order valence-corrected chi connectivity index (χ1v) is 9.27. The number of tetrazole rings is 1. The maximum absolute atomic E-state index is 5.91. The predicted octanol–water partition coefficient (Wildman–Crippen LogP) is 4.32. The molecule has 0 radical (unpaired) electrons. The van der Waals surface area contributed by atoms with E-state index >= 15 is 0 Å². The number of rotatable bonds is 6. The lowest BCUT2D eigenvalue weighted by Gasteiger charge is -2.03. The van der Waals surface area contributed by atoms with Crippen LogP contribution in [0.5, 0.6) is 0 Å². The van der Waals surface area contributed by atoms with Crippen molar-refractivity contribution in [3.05, 3.63) is 77.1 Å². The van der Waals surface area contributed by atoms with E-state index in [9.17, 15) is 0 Å². The molecule has 0 spiro atoms. The Bertz CT molecular complexity index is 984. The van der Waals surface area contributed by atoms with Crippen molar-refractivity contribution >= 4 is 23.4 Å². The van der Waals surface area contributed by atoms with Crippen molar-refractivity contribution < 1.29 is 4.42 Å². The van der Waals surface area contributed by atoms with Crippen LogP contribution in [0.15, 0.2) is 70.4 Å². The Kier molecular flexibility index (Phi) is 4.99. The summed E-state index contributed by atoms with van der Waals surface area (Å²) < 4.78 is 7.34. The van der Waals surface area contributed by atoms with E-state index in [1.165, 1.54) is 11.8 Å². The molecule has 0 saturated carbocycles. The van der Waals surface area contributed by atoms with Gasteiger partial charge in [-0.3, -0.25) is 0 Å². The minimum Gasteiger partial charge on any atom is -0.444 e. The summed E-state index contributed by atoms with van der Waals surface area (Å²) in [5.41, 5.74) is 2.86. The number of hydrogen-bond acceptors (Lipinski definition) is 6. The van der Waals surface area contributed by atoms with Crippen LogP contribution in [0.1, 0.15) is 11.3 Å². The molecule has 0 unspecified atom stereocenters. The summed E-state index contributed by atoms with van der Waals surface area (Å²) in [5, 5.41) is 13.4. The van der Waals surface area contributed by atoms with Crippen molar-refractivity contribution in [3.8, 4) is 11.5 Å². The van der Waals surface area contributed by atoms with Gasteiger partial charge in [0.2, 0.25) is 11.0 Å². The molecule has 4 aromatic rings. The van der Waals surface area contributed by atoms with Gasteiger partial charge in [0.05, 0.1) is 12.2 Å². The van der Waals surface area contributed by atoms with Crippen LogP contribution < -0.4 is 0 Å². The number of oxazole rings is 1. The minimum absolute atomic E-state index is 0.571. The largest absolute Gasteiger partial charge is 0.444 e. The fourth-order valence-electron chi connectivity index (χ4n) is 2.39. The molecule has 26 heavy (non-hydrogen) atoms. The van der Waals surface area contributed by atoms with Crippen LogP contribution in [-0.4, -0.2) is 25.2 Å². The molecule has 0 fully saturated rings. The lowest BCUT2D eigenvalue weighted by Crippen LogP contribution is -2.03. The van der Waals surface area contributed by atoms with E-state index < -0.39 is 0 Å². The van der Waals surface area contributed by atoms with Gasteiger partial charge in [-0.15, -0.1) is 5.10 Å². The van der Waals surface area contributed by atoms with Crippen LogP contribution >= 0.6 is 23.4 Å². The summed E-state index contributed by atoms with van der Waals surface area (Å²) in [6, 6.07) is 17.5. The molecule has 0 amide bonds. The van der Waals surface area contributed by atoms with Gasteiger partial charge in [0.15, 0.2) is 0 Å². The zero-order valence-electron chi connectivity index (χ0n) is 13.6. The van der Waals surface area contributed by atoms with Gasteiger partial charge in [-0.2, -0.15) is 0 Å². The van der Waals surface area contributed by atoms with Gasteiger partial charge in [0.1, 0.15) is 6.26 Å². The molecule has 2 aromatic carbocycles. The number of hydrogen-bond donors (Lipinski definition) is 0. The van der Waals surface area contributed by atoms with Gasteiger partial charge >= 0.3 is 0 Å². The molecule has 0 aliphatic carbocycles. The third-order valence-corrected chi connectivity index (χ3v) is 4.91. The molecule has 8 heteroatoms. The highest BCUT2D eigenvalue weighted by atomic mass is 35.5. The van der Waals surface area contributed by atoms with E-state index in [2.05, 4.69) is 20.5 Å². The molecular formula is C18H14ClN5OS. The number of thioether (sulfide) groups is 1. The van der Waals surface area contributed by atoms with Gasteiger partial charge in [-0.1, -0.05) is 53.7 Å². The standard InChI is InChI=1S/C18H14ClN5OS/c19-15-8-6-14(7-9-15)17-20-16(11-25-17)12-26-18-21-22-23-24(18)10-13-4-2-1-3-5-13/h1-9,11H,10,12H2. The quantitative estimate of drug-likeness (QED) is 0.462. The molecule has 4 rings (SSSR count). The van der Waals surface area contributed by atoms with Crippen molar-refractivity contribution in [2.75, 3.05) is 0 Å². The molecule has 0 atom stereocenters. The molecule has 0 N–H and O–H groups in total. The van der Waals surface area contributed by atoms with Crippen molar-refractivity contribution in [2.24, 2.45) is 0 Å². The average molecular weight is 384 g/mol. The van der Waals surface area contributed by atoms with Crippen molar-refractivity contribution in [1.82, 2.24) is 25.2 Å². The number of nitrogens with zero attached hydrogens (tertiary/aromatic N) is 5. The molecule has 0 aliphatic rings. The summed E-state index contributed by atoms with van der Waals surface area (Å²) in [6.45, 7) is 0.630. The first-order chi connectivity index (χ1) is 12.8. The highest BCUT2D eigenvalue weighted by Crippen LogP contribution is 2.24. The third-order valence-electron chi connectivity index (χ3n) is 3.67. The van der Waals surface area contributed by atoms with Crippen molar-refractivity contribution in [2.45, 2.75) is 17.5 Å². The van der Waals surface area contributed by atoms with Gasteiger partial charge in [0, 0.05) is 16.3 Å².